The summed E-state index contributed by atoms with van der Waals surface area (Å²) in [6.07, 6.45) is -2.49. The lowest BCUT2D eigenvalue weighted by molar-refractivity contribution is -0.137. The highest BCUT2D eigenvalue weighted by Crippen LogP contribution is 2.41. The lowest BCUT2D eigenvalue weighted by Crippen LogP contribution is -2.54. The van der Waals surface area contributed by atoms with Crippen LogP contribution < -0.4 is 4.90 Å². The van der Waals surface area contributed by atoms with Crippen LogP contribution in [0.25, 0.3) is 0 Å². The summed E-state index contributed by atoms with van der Waals surface area (Å²) in [6, 6.07) is 11.8. The number of aromatic nitrogens is 1. The van der Waals surface area contributed by atoms with E-state index in [-0.39, 0.29) is 47.5 Å². The van der Waals surface area contributed by atoms with E-state index in [1.54, 1.807) is 16.7 Å². The van der Waals surface area contributed by atoms with Crippen molar-refractivity contribution in [3.63, 3.8) is 0 Å². The predicted molar refractivity (Wildman–Crippen MR) is 159 cm³/mol. The molecule has 0 spiro atoms. The standard InChI is InChI=1S/C32H37ClF3N3O5/c1-6-24-16-25(17-27(21-11-9-8-10-12-21)39(24)30(41)44-31(3,4)5)38(29-37-26(19-43-29)28(40)42-7-2)18-20-13-22(32(34,35)36)15-23(33)14-20/h8-15,19,24-25,27H,6-7,16-18H2,1-5H3/t24-,25+,27?/m1/s1. The summed E-state index contributed by atoms with van der Waals surface area (Å²) in [7, 11) is 0. The lowest BCUT2D eigenvalue weighted by Gasteiger charge is -2.48. The molecule has 0 radical (unpaired) electrons. The van der Waals surface area contributed by atoms with Crippen LogP contribution in [0.3, 0.4) is 0 Å². The van der Waals surface area contributed by atoms with Crippen LogP contribution in [0.5, 0.6) is 0 Å². The Morgan fingerprint density at radius 1 is 1.09 bits per heavy atom. The molecule has 1 aliphatic rings. The van der Waals surface area contributed by atoms with Crippen LogP contribution in [-0.2, 0) is 22.2 Å². The first-order chi connectivity index (χ1) is 20.7. The number of ether oxygens (including phenoxy) is 2. The Morgan fingerprint density at radius 3 is 2.41 bits per heavy atom. The quantitative estimate of drug-likeness (QED) is 0.230. The lowest BCUT2D eigenvalue weighted by atomic mass is 9.85. The number of likely N-dealkylation sites (tertiary alicyclic amines) is 1. The van der Waals surface area contributed by atoms with E-state index < -0.39 is 35.4 Å². The zero-order valence-corrected chi connectivity index (χ0v) is 26.1. The van der Waals surface area contributed by atoms with Crippen molar-refractivity contribution in [3.8, 4) is 0 Å². The van der Waals surface area contributed by atoms with Crippen molar-refractivity contribution in [1.82, 2.24) is 9.88 Å². The van der Waals surface area contributed by atoms with Crippen molar-refractivity contribution in [1.29, 1.82) is 0 Å². The van der Waals surface area contributed by atoms with Crippen LogP contribution in [0.15, 0.2) is 59.2 Å². The van der Waals surface area contributed by atoms with Gasteiger partial charge < -0.3 is 18.8 Å². The largest absolute Gasteiger partial charge is 0.461 e. The van der Waals surface area contributed by atoms with Crippen molar-refractivity contribution in [2.75, 3.05) is 11.5 Å². The molecule has 3 atom stereocenters. The maximum Gasteiger partial charge on any atom is 0.416 e. The number of alkyl halides is 3. The van der Waals surface area contributed by atoms with E-state index in [0.29, 0.717) is 19.3 Å². The molecule has 2 aromatic carbocycles. The molecule has 238 valence electrons. The third-order valence-corrected chi connectivity index (χ3v) is 7.55. The maximum atomic E-state index is 13.7. The summed E-state index contributed by atoms with van der Waals surface area (Å²) in [4.78, 5) is 33.9. The van der Waals surface area contributed by atoms with E-state index >= 15 is 0 Å². The summed E-state index contributed by atoms with van der Waals surface area (Å²) in [5.41, 5.74) is -0.508. The summed E-state index contributed by atoms with van der Waals surface area (Å²) < 4.78 is 57.7. The number of benzene rings is 2. The van der Waals surface area contributed by atoms with Gasteiger partial charge in [0, 0.05) is 23.7 Å². The second kappa shape index (κ2) is 13.5. The molecular weight excluding hydrogens is 599 g/mol. The Bertz CT molecular complexity index is 1440. The van der Waals surface area contributed by atoms with Crippen LogP contribution in [-0.4, -0.2) is 46.2 Å². The van der Waals surface area contributed by atoms with Gasteiger partial charge >= 0.3 is 18.2 Å². The molecule has 1 aromatic heterocycles. The normalized spacial score (nSPS) is 19.0. The van der Waals surface area contributed by atoms with Crippen molar-refractivity contribution >= 4 is 29.7 Å². The van der Waals surface area contributed by atoms with E-state index in [0.717, 1.165) is 17.7 Å². The number of piperidine rings is 1. The summed E-state index contributed by atoms with van der Waals surface area (Å²) in [6.45, 7) is 9.13. The average Bonchev–Trinajstić information content (AvgIpc) is 3.44. The van der Waals surface area contributed by atoms with Gasteiger partial charge in [-0.1, -0.05) is 48.9 Å². The first kappa shape index (κ1) is 33.2. The molecule has 12 heteroatoms. The highest BCUT2D eigenvalue weighted by atomic mass is 35.5. The van der Waals surface area contributed by atoms with Crippen LogP contribution in [0.4, 0.5) is 24.0 Å². The van der Waals surface area contributed by atoms with Gasteiger partial charge in [0.1, 0.15) is 11.9 Å². The Kier molecular flexibility index (Phi) is 10.2. The second-order valence-electron chi connectivity index (χ2n) is 11.7. The Labute approximate surface area is 260 Å². The summed E-state index contributed by atoms with van der Waals surface area (Å²) in [5.74, 6) is -0.682. The first-order valence-corrected chi connectivity index (χ1v) is 14.9. The molecule has 1 saturated heterocycles. The number of carbonyl (C=O) groups is 2. The highest BCUT2D eigenvalue weighted by Gasteiger charge is 2.43. The molecule has 1 fully saturated rings. The summed E-state index contributed by atoms with van der Waals surface area (Å²) >= 11 is 6.13. The van der Waals surface area contributed by atoms with E-state index in [1.807, 2.05) is 58.0 Å². The van der Waals surface area contributed by atoms with E-state index in [9.17, 15) is 22.8 Å². The Morgan fingerprint density at radius 2 is 1.80 bits per heavy atom. The number of hydrogen-bond acceptors (Lipinski definition) is 7. The molecule has 0 aliphatic carbocycles. The number of hydrogen-bond donors (Lipinski definition) is 0. The minimum Gasteiger partial charge on any atom is -0.461 e. The molecule has 8 nitrogen and oxygen atoms in total. The number of esters is 1. The van der Waals surface area contributed by atoms with Gasteiger partial charge in [-0.15, -0.1) is 0 Å². The van der Waals surface area contributed by atoms with Gasteiger partial charge in [0.05, 0.1) is 18.2 Å². The number of anilines is 1. The molecule has 44 heavy (non-hydrogen) atoms. The minimum absolute atomic E-state index is 0.0407. The van der Waals surface area contributed by atoms with E-state index in [2.05, 4.69) is 4.98 Å². The third-order valence-electron chi connectivity index (χ3n) is 7.33. The molecule has 0 bridgehead atoms. The fourth-order valence-corrected chi connectivity index (χ4v) is 5.74. The average molecular weight is 636 g/mol. The van der Waals surface area contributed by atoms with Gasteiger partial charge in [0.2, 0.25) is 0 Å². The van der Waals surface area contributed by atoms with Gasteiger partial charge in [0.15, 0.2) is 5.69 Å². The first-order valence-electron chi connectivity index (χ1n) is 14.5. The van der Waals surface area contributed by atoms with Gasteiger partial charge in [-0.05, 0) is 76.3 Å². The third kappa shape index (κ3) is 8.05. The van der Waals surface area contributed by atoms with E-state index in [1.165, 1.54) is 12.3 Å². The SMILES string of the molecule is CCOC(=O)c1coc(N(Cc2cc(Cl)cc(C(F)(F)F)c2)[C@@H]2CC(c3ccccc3)N(C(=O)OC(C)(C)C)[C@H](CC)C2)n1. The number of nitrogens with zero attached hydrogens (tertiary/aromatic N) is 3. The van der Waals surface area contributed by atoms with Crippen molar-refractivity contribution < 1.29 is 36.7 Å². The minimum atomic E-state index is -4.60. The monoisotopic (exact) mass is 635 g/mol. The molecule has 1 amide bonds. The molecule has 4 rings (SSSR count). The van der Waals surface area contributed by atoms with Crippen LogP contribution in [0.2, 0.25) is 5.02 Å². The zero-order chi connectivity index (χ0) is 32.2. The van der Waals surface area contributed by atoms with Gasteiger partial charge in [0.25, 0.3) is 6.01 Å². The number of halogens is 4. The van der Waals surface area contributed by atoms with Crippen molar-refractivity contribution in [2.45, 2.75) is 90.3 Å². The molecule has 2 heterocycles. The highest BCUT2D eigenvalue weighted by molar-refractivity contribution is 6.30. The number of rotatable bonds is 8. The molecule has 1 aliphatic heterocycles. The van der Waals surface area contributed by atoms with Gasteiger partial charge in [-0.2, -0.15) is 18.2 Å². The molecule has 0 saturated carbocycles. The van der Waals surface area contributed by atoms with Crippen LogP contribution in [0, 0.1) is 0 Å². The van der Waals surface area contributed by atoms with Gasteiger partial charge in [-0.3, -0.25) is 4.90 Å². The van der Waals surface area contributed by atoms with Crippen molar-refractivity contribution in [2.24, 2.45) is 0 Å². The summed E-state index contributed by atoms with van der Waals surface area (Å²) in [5, 5.41) is -0.0669. The fraction of sp³-hybridized carbons (Fsp3) is 0.469. The molecular formula is C32H37ClF3N3O5. The van der Waals surface area contributed by atoms with Crippen LogP contribution in [0.1, 0.15) is 87.1 Å². The number of oxazole rings is 1. The zero-order valence-electron chi connectivity index (χ0n) is 25.4. The van der Waals surface area contributed by atoms with Crippen LogP contribution >= 0.6 is 11.6 Å². The fourth-order valence-electron chi connectivity index (χ4n) is 5.48. The number of carbonyl (C=O) groups excluding carboxylic acids is 2. The number of amides is 1. The molecule has 3 aromatic rings. The molecule has 1 unspecified atom stereocenters. The van der Waals surface area contributed by atoms with Crippen molar-refractivity contribution in [3.05, 3.63) is 82.2 Å². The second-order valence-corrected chi connectivity index (χ2v) is 12.1. The Balaban J connectivity index is 1.79. The maximum absolute atomic E-state index is 13.7. The topological polar surface area (TPSA) is 85.1 Å². The predicted octanol–water partition coefficient (Wildman–Crippen LogP) is 8.45. The Hall–Kier alpha value is -3.73. The smallest absolute Gasteiger partial charge is 0.416 e. The van der Waals surface area contributed by atoms with Gasteiger partial charge in [-0.25, -0.2) is 9.59 Å². The molecule has 0 N–H and O–H groups in total. The van der Waals surface area contributed by atoms with E-state index in [4.69, 9.17) is 25.5 Å².